The summed E-state index contributed by atoms with van der Waals surface area (Å²) < 4.78 is 0. The van der Waals surface area contributed by atoms with Crippen molar-refractivity contribution in [3.63, 3.8) is 0 Å². The lowest BCUT2D eigenvalue weighted by molar-refractivity contribution is -0.135. The Balaban J connectivity index is 2.32. The van der Waals surface area contributed by atoms with Crippen molar-refractivity contribution in [1.82, 2.24) is 4.90 Å². The summed E-state index contributed by atoms with van der Waals surface area (Å²) in [5.41, 5.74) is 5.30. The first-order valence-corrected chi connectivity index (χ1v) is 7.07. The molecule has 0 radical (unpaired) electrons. The van der Waals surface area contributed by atoms with Crippen molar-refractivity contribution in [1.29, 1.82) is 0 Å². The summed E-state index contributed by atoms with van der Waals surface area (Å²) in [6.45, 7) is -0.434. The van der Waals surface area contributed by atoms with Gasteiger partial charge in [0.2, 0.25) is 5.91 Å². The van der Waals surface area contributed by atoms with E-state index in [0.29, 0.717) is 6.29 Å². The number of anilines is 1. The summed E-state index contributed by atoms with van der Waals surface area (Å²) in [6.07, 6.45) is 0.193. The number of benzene rings is 1. The van der Waals surface area contributed by atoms with E-state index in [4.69, 9.17) is 10.8 Å². The van der Waals surface area contributed by atoms with Gasteiger partial charge in [-0.2, -0.15) is 0 Å². The van der Waals surface area contributed by atoms with Crippen molar-refractivity contribution >= 4 is 35.7 Å². The van der Waals surface area contributed by atoms with Gasteiger partial charge < -0.3 is 21.0 Å². The molecule has 0 spiro atoms. The largest absolute Gasteiger partial charge is 0.480 e. The fourth-order valence-corrected chi connectivity index (χ4v) is 2.47. The third-order valence-electron chi connectivity index (χ3n) is 3.55. The lowest BCUT2D eigenvalue weighted by atomic mass is 10.1. The van der Waals surface area contributed by atoms with Crippen LogP contribution in [0.3, 0.4) is 0 Å². The lowest BCUT2D eigenvalue weighted by Gasteiger charge is -2.20. The molecule has 1 aliphatic rings. The normalized spacial score (nSPS) is 14.2. The van der Waals surface area contributed by atoms with Crippen molar-refractivity contribution in [3.8, 4) is 0 Å². The molecule has 9 nitrogen and oxygen atoms in total. The molecule has 3 amide bonds. The smallest absolute Gasteiger partial charge is 0.322 e. The first-order chi connectivity index (χ1) is 11.4. The van der Waals surface area contributed by atoms with E-state index in [1.54, 1.807) is 0 Å². The number of primary amides is 1. The van der Waals surface area contributed by atoms with E-state index in [0.717, 1.165) is 4.90 Å². The van der Waals surface area contributed by atoms with E-state index in [1.807, 2.05) is 0 Å². The second-order valence-electron chi connectivity index (χ2n) is 5.16. The number of imide groups is 1. The van der Waals surface area contributed by atoms with Crippen LogP contribution in [0.2, 0.25) is 0 Å². The first kappa shape index (κ1) is 17.1. The summed E-state index contributed by atoms with van der Waals surface area (Å²) >= 11 is 0. The number of aldehydes is 1. The van der Waals surface area contributed by atoms with Crippen LogP contribution in [0.25, 0.3) is 0 Å². The number of nitrogens with two attached hydrogens (primary N) is 1. The number of hydrogen-bond acceptors (Lipinski definition) is 6. The second-order valence-corrected chi connectivity index (χ2v) is 5.16. The number of carbonyl (C=O) groups is 5. The van der Waals surface area contributed by atoms with Crippen LogP contribution in [0.5, 0.6) is 0 Å². The van der Waals surface area contributed by atoms with E-state index in [2.05, 4.69) is 5.32 Å². The molecule has 9 heteroatoms. The van der Waals surface area contributed by atoms with Gasteiger partial charge >= 0.3 is 5.97 Å². The summed E-state index contributed by atoms with van der Waals surface area (Å²) in [4.78, 5) is 58.6. The molecule has 1 unspecified atom stereocenters. The van der Waals surface area contributed by atoms with Gasteiger partial charge in [-0.05, 0) is 18.6 Å². The van der Waals surface area contributed by atoms with E-state index in [-0.39, 0.29) is 29.7 Å². The molecule has 1 aromatic carbocycles. The standard InChI is InChI=1S/C15H15N3O6/c16-11(20)5-4-8(7-19)18-14(23)9-2-1-3-10(13(9)15(18)24)17-6-12(21)22/h1-3,7-8,17H,4-6H2,(H2,16,20)(H,21,22). The van der Waals surface area contributed by atoms with E-state index >= 15 is 0 Å². The summed E-state index contributed by atoms with van der Waals surface area (Å²) in [6, 6.07) is 3.27. The predicted octanol–water partition coefficient (Wildman–Crippen LogP) is -0.388. The number of amides is 3. The number of fused-ring (bicyclic) bond motifs is 1. The fraction of sp³-hybridized carbons (Fsp3) is 0.267. The Morgan fingerprint density at radius 3 is 2.58 bits per heavy atom. The van der Waals surface area contributed by atoms with Crippen LogP contribution in [0.1, 0.15) is 33.6 Å². The second kappa shape index (κ2) is 6.90. The maximum Gasteiger partial charge on any atom is 0.322 e. The quantitative estimate of drug-likeness (QED) is 0.433. The Kier molecular flexibility index (Phi) is 4.93. The highest BCUT2D eigenvalue weighted by Gasteiger charge is 2.41. The third kappa shape index (κ3) is 3.24. The molecule has 0 fully saturated rings. The number of rotatable bonds is 8. The lowest BCUT2D eigenvalue weighted by Crippen LogP contribution is -2.41. The highest BCUT2D eigenvalue weighted by molar-refractivity contribution is 6.24. The molecule has 0 aliphatic carbocycles. The first-order valence-electron chi connectivity index (χ1n) is 7.07. The van der Waals surface area contributed by atoms with Crippen LogP contribution in [-0.4, -0.2) is 52.6 Å². The van der Waals surface area contributed by atoms with E-state index < -0.39 is 36.3 Å². The molecule has 126 valence electrons. The molecule has 1 aromatic rings. The minimum Gasteiger partial charge on any atom is -0.480 e. The molecule has 0 bridgehead atoms. The summed E-state index contributed by atoms with van der Waals surface area (Å²) in [5.74, 6) is -3.17. The monoisotopic (exact) mass is 333 g/mol. The van der Waals surface area contributed by atoms with Crippen LogP contribution in [0.4, 0.5) is 5.69 Å². The fourth-order valence-electron chi connectivity index (χ4n) is 2.47. The van der Waals surface area contributed by atoms with Gasteiger partial charge in [0.15, 0.2) is 0 Å². The van der Waals surface area contributed by atoms with Gasteiger partial charge in [0.25, 0.3) is 11.8 Å². The Morgan fingerprint density at radius 1 is 1.29 bits per heavy atom. The maximum absolute atomic E-state index is 12.6. The molecule has 1 aliphatic heterocycles. The van der Waals surface area contributed by atoms with E-state index in [1.165, 1.54) is 18.2 Å². The number of aliphatic carboxylic acids is 1. The van der Waals surface area contributed by atoms with Crippen molar-refractivity contribution in [2.24, 2.45) is 5.73 Å². The van der Waals surface area contributed by atoms with Crippen LogP contribution >= 0.6 is 0 Å². The molecule has 2 rings (SSSR count). The zero-order valence-electron chi connectivity index (χ0n) is 12.5. The minimum atomic E-state index is -1.13. The number of carbonyl (C=O) groups excluding carboxylic acids is 4. The van der Waals surface area contributed by atoms with Gasteiger partial charge in [-0.1, -0.05) is 6.07 Å². The van der Waals surface area contributed by atoms with Crippen molar-refractivity contribution in [2.45, 2.75) is 18.9 Å². The van der Waals surface area contributed by atoms with Crippen molar-refractivity contribution < 1.29 is 29.1 Å². The molecule has 0 saturated heterocycles. The SMILES string of the molecule is NC(=O)CCC(C=O)N1C(=O)c2cccc(NCC(=O)O)c2C1=O. The molecule has 1 atom stereocenters. The predicted molar refractivity (Wildman–Crippen MR) is 81.3 cm³/mol. The molecule has 4 N–H and O–H groups in total. The van der Waals surface area contributed by atoms with Gasteiger partial charge in [0, 0.05) is 12.1 Å². The zero-order valence-corrected chi connectivity index (χ0v) is 12.5. The minimum absolute atomic E-state index is 0.00896. The highest BCUT2D eigenvalue weighted by Crippen LogP contribution is 2.31. The average molecular weight is 333 g/mol. The number of carboxylic acid groups (broad SMARTS) is 1. The Morgan fingerprint density at radius 2 is 2.00 bits per heavy atom. The Hall–Kier alpha value is -3.23. The topological polar surface area (TPSA) is 147 Å². The molecule has 1 heterocycles. The maximum atomic E-state index is 12.6. The molecular formula is C15H15N3O6. The van der Waals surface area contributed by atoms with Gasteiger partial charge in [-0.15, -0.1) is 0 Å². The van der Waals surface area contributed by atoms with Gasteiger partial charge in [0.05, 0.1) is 17.2 Å². The van der Waals surface area contributed by atoms with Gasteiger partial charge in [0.1, 0.15) is 12.8 Å². The Bertz CT molecular complexity index is 730. The van der Waals surface area contributed by atoms with Crippen LogP contribution in [-0.2, 0) is 14.4 Å². The third-order valence-corrected chi connectivity index (χ3v) is 3.55. The van der Waals surface area contributed by atoms with Crippen molar-refractivity contribution in [2.75, 3.05) is 11.9 Å². The summed E-state index contributed by atoms with van der Waals surface area (Å²) in [5, 5.41) is 11.3. The number of hydrogen-bond donors (Lipinski definition) is 3. The summed E-state index contributed by atoms with van der Waals surface area (Å²) in [7, 11) is 0. The molecular weight excluding hydrogens is 318 g/mol. The number of nitrogens with one attached hydrogen (secondary N) is 1. The number of carboxylic acids is 1. The highest BCUT2D eigenvalue weighted by atomic mass is 16.4. The average Bonchev–Trinajstić information content (AvgIpc) is 2.79. The Labute approximate surface area is 136 Å². The molecule has 24 heavy (non-hydrogen) atoms. The van der Waals surface area contributed by atoms with E-state index in [9.17, 15) is 24.0 Å². The van der Waals surface area contributed by atoms with Gasteiger partial charge in [-0.3, -0.25) is 24.1 Å². The zero-order chi connectivity index (χ0) is 17.9. The van der Waals surface area contributed by atoms with Crippen LogP contribution in [0.15, 0.2) is 18.2 Å². The number of nitrogens with zero attached hydrogens (tertiary/aromatic N) is 1. The molecule has 0 saturated carbocycles. The van der Waals surface area contributed by atoms with Gasteiger partial charge in [-0.25, -0.2) is 0 Å². The van der Waals surface area contributed by atoms with Crippen LogP contribution < -0.4 is 11.1 Å². The van der Waals surface area contributed by atoms with Crippen molar-refractivity contribution in [3.05, 3.63) is 29.3 Å². The molecule has 0 aromatic heterocycles. The van der Waals surface area contributed by atoms with Crippen LogP contribution in [0, 0.1) is 0 Å².